The number of fused-ring (bicyclic) bond motifs is 1. The number of carbonyl (C=O) groups excluding carboxylic acids is 2. The summed E-state index contributed by atoms with van der Waals surface area (Å²) in [6.07, 6.45) is 0. The Hall–Kier alpha value is -4.12. The molecule has 0 fully saturated rings. The SMILES string of the molecule is N#Cc1c(C(N)=O)c2n(c1-c1ccccc1)CCN(C(=O)Nc1ccc(F)cc1)C2. The van der Waals surface area contributed by atoms with Gasteiger partial charge in [-0.2, -0.15) is 5.26 Å². The molecule has 8 heteroatoms. The van der Waals surface area contributed by atoms with Gasteiger partial charge in [0, 0.05) is 18.8 Å². The maximum Gasteiger partial charge on any atom is 0.322 e. The van der Waals surface area contributed by atoms with Crippen LogP contribution in [0.3, 0.4) is 0 Å². The summed E-state index contributed by atoms with van der Waals surface area (Å²) in [6.45, 7) is 0.892. The number of nitriles is 1. The number of halogens is 1. The van der Waals surface area contributed by atoms with Crippen LogP contribution in [0.2, 0.25) is 0 Å². The first kappa shape index (κ1) is 19.2. The van der Waals surface area contributed by atoms with Crippen LogP contribution in [-0.4, -0.2) is 28.0 Å². The van der Waals surface area contributed by atoms with Crippen molar-refractivity contribution in [1.82, 2.24) is 9.47 Å². The van der Waals surface area contributed by atoms with Crippen LogP contribution in [0, 0.1) is 17.1 Å². The van der Waals surface area contributed by atoms with E-state index in [0.717, 1.165) is 5.56 Å². The molecule has 3 amide bonds. The molecule has 2 heterocycles. The van der Waals surface area contributed by atoms with Crippen LogP contribution in [0.4, 0.5) is 14.9 Å². The molecule has 7 nitrogen and oxygen atoms in total. The zero-order valence-electron chi connectivity index (χ0n) is 15.9. The third kappa shape index (κ3) is 3.37. The van der Waals surface area contributed by atoms with Gasteiger partial charge in [0.05, 0.1) is 29.1 Å². The first-order valence-corrected chi connectivity index (χ1v) is 9.31. The number of rotatable bonds is 3. The van der Waals surface area contributed by atoms with Gasteiger partial charge in [0.2, 0.25) is 0 Å². The van der Waals surface area contributed by atoms with Crippen molar-refractivity contribution in [2.24, 2.45) is 5.73 Å². The lowest BCUT2D eigenvalue weighted by molar-refractivity contribution is 0.0997. The van der Waals surface area contributed by atoms with Crippen LogP contribution in [0.25, 0.3) is 11.3 Å². The van der Waals surface area contributed by atoms with E-state index in [1.807, 2.05) is 34.9 Å². The lowest BCUT2D eigenvalue weighted by atomic mass is 10.0. The van der Waals surface area contributed by atoms with E-state index in [4.69, 9.17) is 5.73 Å². The van der Waals surface area contributed by atoms with Crippen LogP contribution in [0.1, 0.15) is 21.6 Å². The third-order valence-electron chi connectivity index (χ3n) is 5.09. The number of hydrogen-bond acceptors (Lipinski definition) is 3. The van der Waals surface area contributed by atoms with E-state index in [-0.39, 0.29) is 23.7 Å². The number of nitrogens with one attached hydrogen (secondary N) is 1. The number of benzene rings is 2. The van der Waals surface area contributed by atoms with Gasteiger partial charge in [0.15, 0.2) is 0 Å². The van der Waals surface area contributed by atoms with Crippen LogP contribution in [0.15, 0.2) is 54.6 Å². The minimum atomic E-state index is -0.710. The quantitative estimate of drug-likeness (QED) is 0.701. The standard InChI is InChI=1S/C22H18FN5O2/c23-15-6-8-16(9-7-15)26-22(30)27-10-11-28-18(13-27)19(21(25)29)17(12-24)20(28)14-4-2-1-3-5-14/h1-9H,10-11,13H2,(H2,25,29)(H,26,30). The van der Waals surface area contributed by atoms with Crippen molar-refractivity contribution < 1.29 is 14.0 Å². The first-order chi connectivity index (χ1) is 14.5. The average Bonchev–Trinajstić information content (AvgIpc) is 3.09. The van der Waals surface area contributed by atoms with Crippen molar-refractivity contribution in [2.45, 2.75) is 13.1 Å². The summed E-state index contributed by atoms with van der Waals surface area (Å²) in [5.74, 6) is -1.11. The molecule has 1 aromatic heterocycles. The number of carbonyl (C=O) groups is 2. The number of anilines is 1. The molecule has 30 heavy (non-hydrogen) atoms. The monoisotopic (exact) mass is 403 g/mol. The fraction of sp³-hybridized carbons (Fsp3) is 0.136. The van der Waals surface area contributed by atoms with Gasteiger partial charge in [-0.25, -0.2) is 9.18 Å². The maximum atomic E-state index is 13.1. The molecule has 3 N–H and O–H groups in total. The van der Waals surface area contributed by atoms with E-state index in [0.29, 0.717) is 30.2 Å². The zero-order chi connectivity index (χ0) is 21.3. The Kier molecular flexibility index (Phi) is 4.94. The minimum Gasteiger partial charge on any atom is -0.366 e. The first-order valence-electron chi connectivity index (χ1n) is 9.31. The second-order valence-corrected chi connectivity index (χ2v) is 6.90. The highest BCUT2D eigenvalue weighted by Crippen LogP contribution is 2.34. The summed E-state index contributed by atoms with van der Waals surface area (Å²) < 4.78 is 15.0. The van der Waals surface area contributed by atoms with E-state index in [1.165, 1.54) is 29.2 Å². The molecule has 0 saturated heterocycles. The van der Waals surface area contributed by atoms with Gasteiger partial charge in [-0.05, 0) is 29.8 Å². The Bertz CT molecular complexity index is 1160. The maximum absolute atomic E-state index is 13.1. The highest BCUT2D eigenvalue weighted by molar-refractivity contribution is 6.00. The van der Waals surface area contributed by atoms with Gasteiger partial charge in [-0.15, -0.1) is 0 Å². The lowest BCUT2D eigenvalue weighted by Gasteiger charge is -2.30. The highest BCUT2D eigenvalue weighted by atomic mass is 19.1. The number of amides is 3. The van der Waals surface area contributed by atoms with Crippen LogP contribution >= 0.6 is 0 Å². The average molecular weight is 403 g/mol. The molecule has 0 atom stereocenters. The fourth-order valence-electron chi connectivity index (χ4n) is 3.74. The molecule has 0 unspecified atom stereocenters. The molecule has 0 saturated carbocycles. The molecule has 1 aliphatic heterocycles. The van der Waals surface area contributed by atoms with E-state index >= 15 is 0 Å². The van der Waals surface area contributed by atoms with Crippen molar-refractivity contribution in [2.75, 3.05) is 11.9 Å². The molecule has 2 aromatic carbocycles. The largest absolute Gasteiger partial charge is 0.366 e. The predicted octanol–water partition coefficient (Wildman–Crippen LogP) is 3.31. The second kappa shape index (κ2) is 7.72. The van der Waals surface area contributed by atoms with E-state index < -0.39 is 11.7 Å². The summed E-state index contributed by atoms with van der Waals surface area (Å²) in [4.78, 5) is 26.4. The number of aromatic nitrogens is 1. The summed E-state index contributed by atoms with van der Waals surface area (Å²) in [7, 11) is 0. The molecule has 0 spiro atoms. The third-order valence-corrected chi connectivity index (χ3v) is 5.09. The Labute approximate surface area is 172 Å². The molecular formula is C22H18FN5O2. The minimum absolute atomic E-state index is 0.118. The van der Waals surface area contributed by atoms with Crippen LogP contribution in [0.5, 0.6) is 0 Å². The summed E-state index contributed by atoms with van der Waals surface area (Å²) in [6, 6.07) is 16.5. The summed E-state index contributed by atoms with van der Waals surface area (Å²) in [5.41, 5.74) is 8.36. The topological polar surface area (TPSA) is 104 Å². The van der Waals surface area contributed by atoms with Crippen LogP contribution < -0.4 is 11.1 Å². The van der Waals surface area contributed by atoms with Gasteiger partial charge in [-0.1, -0.05) is 30.3 Å². The molecule has 0 radical (unpaired) electrons. The number of nitrogens with two attached hydrogens (primary N) is 1. The van der Waals surface area contributed by atoms with E-state index in [1.54, 1.807) is 0 Å². The van der Waals surface area contributed by atoms with Gasteiger partial charge >= 0.3 is 6.03 Å². The Morgan fingerprint density at radius 1 is 1.07 bits per heavy atom. The Morgan fingerprint density at radius 3 is 2.40 bits per heavy atom. The molecule has 4 rings (SSSR count). The van der Waals surface area contributed by atoms with Crippen molar-refractivity contribution >= 4 is 17.6 Å². The number of urea groups is 1. The molecular weight excluding hydrogens is 385 g/mol. The molecule has 0 bridgehead atoms. The molecule has 1 aliphatic rings. The van der Waals surface area contributed by atoms with Crippen molar-refractivity contribution in [3.8, 4) is 17.3 Å². The van der Waals surface area contributed by atoms with Crippen LogP contribution in [-0.2, 0) is 13.1 Å². The molecule has 3 aromatic rings. The predicted molar refractivity (Wildman–Crippen MR) is 109 cm³/mol. The Balaban J connectivity index is 1.70. The zero-order valence-corrected chi connectivity index (χ0v) is 15.9. The van der Waals surface area contributed by atoms with Crippen molar-refractivity contribution in [1.29, 1.82) is 5.26 Å². The lowest BCUT2D eigenvalue weighted by Crippen LogP contribution is -2.41. The summed E-state index contributed by atoms with van der Waals surface area (Å²) >= 11 is 0. The second-order valence-electron chi connectivity index (χ2n) is 6.90. The summed E-state index contributed by atoms with van der Waals surface area (Å²) in [5, 5.41) is 12.5. The highest BCUT2D eigenvalue weighted by Gasteiger charge is 2.32. The van der Waals surface area contributed by atoms with Crippen molar-refractivity contribution in [3.05, 3.63) is 77.2 Å². The normalized spacial score (nSPS) is 12.7. The number of nitrogens with zero attached hydrogens (tertiary/aromatic N) is 3. The van der Waals surface area contributed by atoms with Gasteiger partial charge in [-0.3, -0.25) is 4.79 Å². The number of hydrogen-bond donors (Lipinski definition) is 2. The van der Waals surface area contributed by atoms with Gasteiger partial charge < -0.3 is 20.5 Å². The van der Waals surface area contributed by atoms with E-state index in [9.17, 15) is 19.2 Å². The molecule has 0 aliphatic carbocycles. The smallest absolute Gasteiger partial charge is 0.322 e. The van der Waals surface area contributed by atoms with Gasteiger partial charge in [0.25, 0.3) is 5.91 Å². The Morgan fingerprint density at radius 2 is 1.77 bits per heavy atom. The number of primary amides is 1. The molecule has 150 valence electrons. The van der Waals surface area contributed by atoms with Gasteiger partial charge in [0.1, 0.15) is 11.9 Å². The van der Waals surface area contributed by atoms with E-state index in [2.05, 4.69) is 11.4 Å². The van der Waals surface area contributed by atoms with Crippen molar-refractivity contribution in [3.63, 3.8) is 0 Å². The fourth-order valence-corrected chi connectivity index (χ4v) is 3.74.